The summed E-state index contributed by atoms with van der Waals surface area (Å²) in [6.45, 7) is 6.97. The number of carboxylic acid groups (broad SMARTS) is 1. The summed E-state index contributed by atoms with van der Waals surface area (Å²) in [6.07, 6.45) is 2.38. The zero-order valence-electron chi connectivity index (χ0n) is 13.6. The Labute approximate surface area is 134 Å². The number of nitrogens with one attached hydrogen (secondary N) is 2. The number of quaternary nitrogens is 1. The normalized spacial score (nSPS) is 21.5. The number of likely N-dealkylation sites (tertiary alicyclic amines) is 1. The number of carboxylic acids is 1. The van der Waals surface area contributed by atoms with Crippen LogP contribution in [0.3, 0.4) is 0 Å². The van der Waals surface area contributed by atoms with Crippen molar-refractivity contribution >= 4 is 16.9 Å². The van der Waals surface area contributed by atoms with E-state index in [0.717, 1.165) is 30.3 Å². The maximum atomic E-state index is 12.8. The lowest BCUT2D eigenvalue weighted by molar-refractivity contribution is -0.919. The lowest BCUT2D eigenvalue weighted by Gasteiger charge is -2.27. The third-order valence-electron chi connectivity index (χ3n) is 4.98. The molecule has 1 aromatic heterocycles. The summed E-state index contributed by atoms with van der Waals surface area (Å²) >= 11 is 0. The van der Waals surface area contributed by atoms with Crippen LogP contribution in [-0.2, 0) is 6.54 Å². The SMILES string of the molecule is Cc1[nH]c2c(C(=O)[O-])cccc2c(=O)c1C[NH+]1CCC(C)CC1. The van der Waals surface area contributed by atoms with Crippen LogP contribution in [0.1, 0.15) is 41.4 Å². The zero-order valence-corrected chi connectivity index (χ0v) is 13.6. The first-order chi connectivity index (χ1) is 11.0. The van der Waals surface area contributed by atoms with Crippen LogP contribution >= 0.6 is 0 Å². The van der Waals surface area contributed by atoms with Crippen molar-refractivity contribution in [3.8, 4) is 0 Å². The molecule has 1 aliphatic heterocycles. The van der Waals surface area contributed by atoms with E-state index >= 15 is 0 Å². The number of aromatic nitrogens is 1. The monoisotopic (exact) mass is 314 g/mol. The second-order valence-corrected chi connectivity index (χ2v) is 6.68. The predicted octanol–water partition coefficient (Wildman–Crippen LogP) is 0.0148. The van der Waals surface area contributed by atoms with E-state index in [4.69, 9.17) is 0 Å². The fraction of sp³-hybridized carbons (Fsp3) is 0.444. The lowest BCUT2D eigenvalue weighted by Crippen LogP contribution is -3.12. The Morgan fingerprint density at radius 2 is 2.04 bits per heavy atom. The van der Waals surface area contributed by atoms with Crippen molar-refractivity contribution in [1.29, 1.82) is 0 Å². The number of aromatic carboxylic acids is 1. The first kappa shape index (κ1) is 15.7. The molecule has 5 heteroatoms. The van der Waals surface area contributed by atoms with E-state index < -0.39 is 5.97 Å². The van der Waals surface area contributed by atoms with Crippen molar-refractivity contribution in [2.45, 2.75) is 33.2 Å². The van der Waals surface area contributed by atoms with E-state index in [0.29, 0.717) is 17.4 Å². The molecule has 0 unspecified atom stereocenters. The molecule has 0 spiro atoms. The van der Waals surface area contributed by atoms with E-state index in [-0.39, 0.29) is 11.0 Å². The van der Waals surface area contributed by atoms with Gasteiger partial charge in [-0.3, -0.25) is 4.79 Å². The predicted molar refractivity (Wildman–Crippen MR) is 86.4 cm³/mol. The maximum absolute atomic E-state index is 12.8. The molecule has 1 saturated heterocycles. The van der Waals surface area contributed by atoms with E-state index in [2.05, 4.69) is 11.9 Å². The number of H-pyrrole nitrogens is 1. The average molecular weight is 314 g/mol. The number of para-hydroxylation sites is 1. The van der Waals surface area contributed by atoms with E-state index in [1.54, 1.807) is 12.1 Å². The standard InChI is InChI=1S/C18H22N2O3/c1-11-6-8-20(9-7-11)10-15-12(2)19-16-13(17(15)21)4-3-5-14(16)18(22)23/h3-5,11H,6-10H2,1-2H3,(H,19,21)(H,22,23). The Morgan fingerprint density at radius 3 is 2.70 bits per heavy atom. The van der Waals surface area contributed by atoms with Gasteiger partial charge in [-0.1, -0.05) is 19.1 Å². The molecule has 2 N–H and O–H groups in total. The molecule has 3 rings (SSSR count). The maximum Gasteiger partial charge on any atom is 0.198 e. The van der Waals surface area contributed by atoms with Gasteiger partial charge in [-0.05, 0) is 31.7 Å². The smallest absolute Gasteiger partial charge is 0.198 e. The van der Waals surface area contributed by atoms with Gasteiger partial charge in [0.2, 0.25) is 0 Å². The highest BCUT2D eigenvalue weighted by Crippen LogP contribution is 2.16. The van der Waals surface area contributed by atoms with Gasteiger partial charge in [0.25, 0.3) is 0 Å². The molecule has 1 fully saturated rings. The Hall–Kier alpha value is -2.14. The minimum atomic E-state index is -1.27. The molecule has 2 heterocycles. The summed E-state index contributed by atoms with van der Waals surface area (Å²) in [7, 11) is 0. The largest absolute Gasteiger partial charge is 0.545 e. The Morgan fingerprint density at radius 1 is 1.35 bits per heavy atom. The second kappa shape index (κ2) is 6.16. The highest BCUT2D eigenvalue weighted by molar-refractivity contribution is 6.00. The molecule has 5 nitrogen and oxygen atoms in total. The summed E-state index contributed by atoms with van der Waals surface area (Å²) in [6, 6.07) is 4.73. The number of carbonyl (C=O) groups is 1. The molecule has 0 bridgehead atoms. The molecule has 1 aromatic carbocycles. The number of piperidine rings is 1. The van der Waals surface area contributed by atoms with Crippen LogP contribution in [0.25, 0.3) is 10.9 Å². The molecule has 0 atom stereocenters. The highest BCUT2D eigenvalue weighted by atomic mass is 16.4. The number of aryl methyl sites for hydroxylation is 1. The van der Waals surface area contributed by atoms with Crippen molar-refractivity contribution in [2.75, 3.05) is 13.1 Å². The van der Waals surface area contributed by atoms with Crippen molar-refractivity contribution in [3.05, 3.63) is 45.2 Å². The quantitative estimate of drug-likeness (QED) is 0.838. The average Bonchev–Trinajstić information content (AvgIpc) is 2.52. The number of rotatable bonds is 3. The number of benzene rings is 1. The number of hydrogen-bond acceptors (Lipinski definition) is 3. The first-order valence-corrected chi connectivity index (χ1v) is 8.16. The third-order valence-corrected chi connectivity index (χ3v) is 4.98. The molecule has 122 valence electrons. The first-order valence-electron chi connectivity index (χ1n) is 8.16. The van der Waals surface area contributed by atoms with Crippen molar-refractivity contribution < 1.29 is 14.8 Å². The number of hydrogen-bond donors (Lipinski definition) is 2. The number of carbonyl (C=O) groups excluding carboxylic acids is 1. The van der Waals surface area contributed by atoms with Crippen LogP contribution in [0.15, 0.2) is 23.0 Å². The Balaban J connectivity index is 2.02. The van der Waals surface area contributed by atoms with Gasteiger partial charge >= 0.3 is 0 Å². The van der Waals surface area contributed by atoms with E-state index in [1.807, 2.05) is 6.92 Å². The fourth-order valence-corrected chi connectivity index (χ4v) is 3.45. The van der Waals surface area contributed by atoms with Gasteiger partial charge in [0.05, 0.1) is 30.1 Å². The minimum absolute atomic E-state index is 0.0356. The van der Waals surface area contributed by atoms with Crippen LogP contribution < -0.4 is 15.4 Å². The van der Waals surface area contributed by atoms with Gasteiger partial charge in [-0.25, -0.2) is 0 Å². The molecule has 1 aliphatic rings. The van der Waals surface area contributed by atoms with Crippen LogP contribution in [0.2, 0.25) is 0 Å². The Bertz CT molecular complexity index is 802. The molecular formula is C18H22N2O3. The highest BCUT2D eigenvalue weighted by Gasteiger charge is 2.22. The fourth-order valence-electron chi connectivity index (χ4n) is 3.45. The summed E-state index contributed by atoms with van der Waals surface area (Å²) in [5, 5.41) is 11.7. The number of aromatic amines is 1. The van der Waals surface area contributed by atoms with Crippen molar-refractivity contribution in [3.63, 3.8) is 0 Å². The van der Waals surface area contributed by atoms with E-state index in [9.17, 15) is 14.7 Å². The van der Waals surface area contributed by atoms with Gasteiger partial charge in [-0.2, -0.15) is 0 Å². The molecule has 0 radical (unpaired) electrons. The van der Waals surface area contributed by atoms with Crippen molar-refractivity contribution in [1.82, 2.24) is 4.98 Å². The van der Waals surface area contributed by atoms with Gasteiger partial charge < -0.3 is 19.8 Å². The van der Waals surface area contributed by atoms with Crippen molar-refractivity contribution in [2.24, 2.45) is 5.92 Å². The van der Waals surface area contributed by atoms with Gasteiger partial charge in [0, 0.05) is 16.6 Å². The topological polar surface area (TPSA) is 77.4 Å². The third kappa shape index (κ3) is 3.01. The Kier molecular flexibility index (Phi) is 4.22. The zero-order chi connectivity index (χ0) is 16.6. The van der Waals surface area contributed by atoms with Crippen LogP contribution in [0.5, 0.6) is 0 Å². The number of pyridine rings is 1. The van der Waals surface area contributed by atoms with Gasteiger partial charge in [0.1, 0.15) is 6.54 Å². The van der Waals surface area contributed by atoms with Crippen LogP contribution in [0, 0.1) is 12.8 Å². The lowest BCUT2D eigenvalue weighted by atomic mass is 9.98. The molecular weight excluding hydrogens is 292 g/mol. The molecule has 23 heavy (non-hydrogen) atoms. The summed E-state index contributed by atoms with van der Waals surface area (Å²) in [5.74, 6) is -0.505. The molecule has 0 aliphatic carbocycles. The van der Waals surface area contributed by atoms with Crippen LogP contribution in [-0.4, -0.2) is 24.0 Å². The van der Waals surface area contributed by atoms with E-state index in [1.165, 1.54) is 23.8 Å². The number of fused-ring (bicyclic) bond motifs is 1. The second-order valence-electron chi connectivity index (χ2n) is 6.68. The minimum Gasteiger partial charge on any atom is -0.545 e. The molecule has 0 amide bonds. The van der Waals surface area contributed by atoms with Crippen LogP contribution in [0.4, 0.5) is 0 Å². The molecule has 0 saturated carbocycles. The van der Waals surface area contributed by atoms with Gasteiger partial charge in [0.15, 0.2) is 5.43 Å². The van der Waals surface area contributed by atoms with Gasteiger partial charge in [-0.15, -0.1) is 0 Å². The summed E-state index contributed by atoms with van der Waals surface area (Å²) in [4.78, 5) is 28.6. The summed E-state index contributed by atoms with van der Waals surface area (Å²) < 4.78 is 0. The molecule has 2 aromatic rings. The summed E-state index contributed by atoms with van der Waals surface area (Å²) in [5.41, 5.74) is 1.85.